The number of nitrogens with two attached hydrogens (primary N) is 1. The van der Waals surface area contributed by atoms with Crippen molar-refractivity contribution in [2.45, 2.75) is 19.3 Å². The van der Waals surface area contributed by atoms with Crippen molar-refractivity contribution in [1.82, 2.24) is 10.2 Å². The quantitative estimate of drug-likeness (QED) is 0.536. The molecule has 5 heteroatoms. The Morgan fingerprint density at radius 1 is 1.14 bits per heavy atom. The first-order valence-corrected chi connectivity index (χ1v) is 4.95. The van der Waals surface area contributed by atoms with E-state index in [1.807, 2.05) is 12.1 Å². The molecule has 2 heterocycles. The molecule has 1 fully saturated rings. The van der Waals surface area contributed by atoms with E-state index in [-0.39, 0.29) is 0 Å². The molecule has 1 aromatic heterocycles. The lowest BCUT2D eigenvalue weighted by atomic mass is 10.1. The van der Waals surface area contributed by atoms with Gasteiger partial charge in [0.05, 0.1) is 0 Å². The van der Waals surface area contributed by atoms with E-state index in [0.717, 1.165) is 18.9 Å². The van der Waals surface area contributed by atoms with Crippen LogP contribution in [0.5, 0.6) is 0 Å². The van der Waals surface area contributed by atoms with Crippen LogP contribution in [0.2, 0.25) is 0 Å². The van der Waals surface area contributed by atoms with E-state index in [9.17, 15) is 0 Å². The van der Waals surface area contributed by atoms with Gasteiger partial charge in [0.15, 0.2) is 11.6 Å². The van der Waals surface area contributed by atoms with Gasteiger partial charge in [-0.3, -0.25) is 0 Å². The molecule has 0 aromatic carbocycles. The van der Waals surface area contributed by atoms with Gasteiger partial charge in [0.2, 0.25) is 0 Å². The third-order valence-corrected chi connectivity index (χ3v) is 2.48. The van der Waals surface area contributed by atoms with E-state index in [0.29, 0.717) is 5.82 Å². The second-order valence-electron chi connectivity index (χ2n) is 3.47. The second kappa shape index (κ2) is 4.23. The summed E-state index contributed by atoms with van der Waals surface area (Å²) < 4.78 is 0. The maximum atomic E-state index is 5.21. The Morgan fingerprint density at radius 3 is 2.50 bits per heavy atom. The van der Waals surface area contributed by atoms with Crippen molar-refractivity contribution < 1.29 is 0 Å². The summed E-state index contributed by atoms with van der Waals surface area (Å²) in [6.07, 6.45) is 3.82. The molecule has 3 N–H and O–H groups in total. The first-order chi connectivity index (χ1) is 6.90. The molecule has 2 rings (SSSR count). The van der Waals surface area contributed by atoms with Crippen molar-refractivity contribution >= 4 is 11.6 Å². The third-order valence-electron chi connectivity index (χ3n) is 2.48. The lowest BCUT2D eigenvalue weighted by Crippen LogP contribution is -2.30. The molecule has 1 aromatic rings. The molecule has 1 saturated heterocycles. The van der Waals surface area contributed by atoms with Crippen LogP contribution >= 0.6 is 0 Å². The summed E-state index contributed by atoms with van der Waals surface area (Å²) in [4.78, 5) is 2.26. The number of rotatable bonds is 2. The largest absolute Gasteiger partial charge is 0.355 e. The lowest BCUT2D eigenvalue weighted by molar-refractivity contribution is 0.571. The minimum Gasteiger partial charge on any atom is -0.355 e. The molecule has 0 spiro atoms. The summed E-state index contributed by atoms with van der Waals surface area (Å²) >= 11 is 0. The van der Waals surface area contributed by atoms with Crippen LogP contribution in [0.25, 0.3) is 0 Å². The summed E-state index contributed by atoms with van der Waals surface area (Å²) in [6.45, 7) is 2.17. The number of nitrogens with zero attached hydrogens (tertiary/aromatic N) is 3. The highest BCUT2D eigenvalue weighted by atomic mass is 15.3. The molecule has 0 radical (unpaired) electrons. The summed E-state index contributed by atoms with van der Waals surface area (Å²) in [6, 6.07) is 3.80. The van der Waals surface area contributed by atoms with Crippen LogP contribution in [-0.2, 0) is 0 Å². The monoisotopic (exact) mass is 193 g/mol. The van der Waals surface area contributed by atoms with Gasteiger partial charge in [-0.25, -0.2) is 5.84 Å². The molecule has 0 aliphatic carbocycles. The van der Waals surface area contributed by atoms with Crippen LogP contribution in [0, 0.1) is 0 Å². The molecule has 0 atom stereocenters. The second-order valence-corrected chi connectivity index (χ2v) is 3.47. The third kappa shape index (κ3) is 1.93. The summed E-state index contributed by atoms with van der Waals surface area (Å²) in [5.74, 6) is 6.76. The number of hydrogen-bond acceptors (Lipinski definition) is 5. The van der Waals surface area contributed by atoms with Crippen LogP contribution in [-0.4, -0.2) is 23.3 Å². The van der Waals surface area contributed by atoms with Crippen molar-refractivity contribution in [2.24, 2.45) is 5.84 Å². The van der Waals surface area contributed by atoms with E-state index >= 15 is 0 Å². The fourth-order valence-electron chi connectivity index (χ4n) is 1.69. The van der Waals surface area contributed by atoms with Crippen LogP contribution in [0.3, 0.4) is 0 Å². The van der Waals surface area contributed by atoms with Crippen LogP contribution in [0.15, 0.2) is 12.1 Å². The number of anilines is 2. The van der Waals surface area contributed by atoms with Crippen molar-refractivity contribution in [2.75, 3.05) is 23.4 Å². The highest BCUT2D eigenvalue weighted by molar-refractivity contribution is 5.42. The fourth-order valence-corrected chi connectivity index (χ4v) is 1.69. The average Bonchev–Trinajstić information content (AvgIpc) is 2.30. The smallest absolute Gasteiger partial charge is 0.162 e. The topological polar surface area (TPSA) is 67.1 Å². The Kier molecular flexibility index (Phi) is 2.78. The molecule has 0 amide bonds. The first-order valence-electron chi connectivity index (χ1n) is 4.95. The normalized spacial score (nSPS) is 16.8. The van der Waals surface area contributed by atoms with Gasteiger partial charge >= 0.3 is 0 Å². The SMILES string of the molecule is NNc1ccc(N2CCCCC2)nn1. The molecule has 5 nitrogen and oxygen atoms in total. The van der Waals surface area contributed by atoms with Gasteiger partial charge in [0, 0.05) is 13.1 Å². The van der Waals surface area contributed by atoms with Crippen molar-refractivity contribution in [1.29, 1.82) is 0 Å². The predicted octanol–water partition coefficient (Wildman–Crippen LogP) is 0.752. The molecule has 0 saturated carbocycles. The van der Waals surface area contributed by atoms with Crippen molar-refractivity contribution in [3.8, 4) is 0 Å². The Labute approximate surface area is 83.3 Å². The van der Waals surface area contributed by atoms with Gasteiger partial charge in [0.1, 0.15) is 0 Å². The Balaban J connectivity index is 2.07. The van der Waals surface area contributed by atoms with Crippen LogP contribution in [0.1, 0.15) is 19.3 Å². The fraction of sp³-hybridized carbons (Fsp3) is 0.556. The van der Waals surface area contributed by atoms with E-state index in [4.69, 9.17) is 5.84 Å². The Morgan fingerprint density at radius 2 is 1.93 bits per heavy atom. The lowest BCUT2D eigenvalue weighted by Gasteiger charge is -2.27. The molecule has 0 bridgehead atoms. The Bertz CT molecular complexity index is 278. The number of nitrogens with one attached hydrogen (secondary N) is 1. The van der Waals surface area contributed by atoms with E-state index in [1.165, 1.54) is 19.3 Å². The van der Waals surface area contributed by atoms with E-state index in [1.54, 1.807) is 0 Å². The molecular formula is C9H15N5. The van der Waals surface area contributed by atoms with Crippen molar-refractivity contribution in [3.63, 3.8) is 0 Å². The maximum Gasteiger partial charge on any atom is 0.162 e. The summed E-state index contributed by atoms with van der Waals surface area (Å²) in [5.41, 5.74) is 2.46. The molecule has 14 heavy (non-hydrogen) atoms. The number of aromatic nitrogens is 2. The molecule has 0 unspecified atom stereocenters. The summed E-state index contributed by atoms with van der Waals surface area (Å²) in [7, 11) is 0. The maximum absolute atomic E-state index is 5.21. The highest BCUT2D eigenvalue weighted by Gasteiger charge is 2.11. The predicted molar refractivity (Wildman–Crippen MR) is 55.9 cm³/mol. The van der Waals surface area contributed by atoms with Gasteiger partial charge in [-0.1, -0.05) is 0 Å². The highest BCUT2D eigenvalue weighted by Crippen LogP contribution is 2.16. The minimum atomic E-state index is 0.603. The summed E-state index contributed by atoms with van der Waals surface area (Å²) in [5, 5.41) is 8.05. The van der Waals surface area contributed by atoms with Gasteiger partial charge in [-0.2, -0.15) is 0 Å². The number of hydrazine groups is 1. The van der Waals surface area contributed by atoms with Gasteiger partial charge in [0.25, 0.3) is 0 Å². The van der Waals surface area contributed by atoms with Crippen LogP contribution in [0.4, 0.5) is 11.6 Å². The number of nitrogen functional groups attached to an aromatic ring is 1. The zero-order valence-corrected chi connectivity index (χ0v) is 8.11. The number of piperidine rings is 1. The van der Waals surface area contributed by atoms with Gasteiger partial charge in [-0.05, 0) is 31.4 Å². The van der Waals surface area contributed by atoms with Crippen molar-refractivity contribution in [3.05, 3.63) is 12.1 Å². The zero-order valence-electron chi connectivity index (χ0n) is 8.11. The first kappa shape index (κ1) is 9.21. The van der Waals surface area contributed by atoms with Crippen LogP contribution < -0.4 is 16.2 Å². The molecule has 1 aliphatic heterocycles. The molecule has 76 valence electrons. The van der Waals surface area contributed by atoms with E-state index < -0.39 is 0 Å². The van der Waals surface area contributed by atoms with E-state index in [2.05, 4.69) is 20.5 Å². The molecule has 1 aliphatic rings. The van der Waals surface area contributed by atoms with Gasteiger partial charge in [-0.15, -0.1) is 10.2 Å². The minimum absolute atomic E-state index is 0.603. The Hall–Kier alpha value is -1.36. The zero-order chi connectivity index (χ0) is 9.80. The van der Waals surface area contributed by atoms with Gasteiger partial charge < -0.3 is 10.3 Å². The standard InChI is InChI=1S/C9H15N5/c10-11-8-4-5-9(13-12-8)14-6-2-1-3-7-14/h4-5H,1-3,6-7,10H2,(H,11,12). The number of hydrogen-bond donors (Lipinski definition) is 2. The average molecular weight is 193 g/mol. The molecular weight excluding hydrogens is 178 g/mol.